The van der Waals surface area contributed by atoms with Crippen LogP contribution in [-0.2, 0) is 9.31 Å². The Morgan fingerprint density at radius 3 is 2.12 bits per heavy atom. The van der Waals surface area contributed by atoms with Crippen LogP contribution < -0.4 is 10.2 Å². The molecule has 26 heavy (non-hydrogen) atoms. The number of benzene rings is 2. The van der Waals surface area contributed by atoms with E-state index in [9.17, 15) is 4.79 Å². The van der Waals surface area contributed by atoms with Gasteiger partial charge in [0.1, 0.15) is 17.8 Å². The standard InChI is InChI=1S/C20H20BNO4/c1-19(2)20(3,4)26-21(25-19)18-11-10-17(12-14(18)13-23)24-16-8-6-15(22-5)7-9-16/h6-13H,1-4H3. The van der Waals surface area contributed by atoms with Gasteiger partial charge in [-0.15, -0.1) is 0 Å². The van der Waals surface area contributed by atoms with Gasteiger partial charge in [-0.05, 0) is 57.4 Å². The zero-order valence-corrected chi connectivity index (χ0v) is 15.3. The van der Waals surface area contributed by atoms with E-state index in [1.165, 1.54) is 0 Å². The van der Waals surface area contributed by atoms with Crippen molar-refractivity contribution in [3.8, 4) is 11.5 Å². The fourth-order valence-corrected chi connectivity index (χ4v) is 2.63. The van der Waals surface area contributed by atoms with Gasteiger partial charge in [0.15, 0.2) is 5.69 Å². The Morgan fingerprint density at radius 2 is 1.58 bits per heavy atom. The van der Waals surface area contributed by atoms with Crippen molar-refractivity contribution in [2.24, 2.45) is 0 Å². The number of nitrogens with zero attached hydrogens (tertiary/aromatic N) is 1. The molecule has 0 amide bonds. The molecule has 0 unspecified atom stereocenters. The smallest absolute Gasteiger partial charge is 0.457 e. The van der Waals surface area contributed by atoms with Crippen molar-refractivity contribution in [1.82, 2.24) is 0 Å². The predicted octanol–water partition coefficient (Wildman–Crippen LogP) is 4.14. The average molecular weight is 349 g/mol. The topological polar surface area (TPSA) is 49.1 Å². The van der Waals surface area contributed by atoms with Crippen LogP contribution in [0.15, 0.2) is 42.5 Å². The molecule has 1 aliphatic heterocycles. The Morgan fingerprint density at radius 1 is 1.00 bits per heavy atom. The van der Waals surface area contributed by atoms with Gasteiger partial charge < -0.3 is 14.0 Å². The molecule has 1 heterocycles. The van der Waals surface area contributed by atoms with E-state index in [1.54, 1.807) is 42.5 Å². The van der Waals surface area contributed by atoms with Crippen LogP contribution in [0.3, 0.4) is 0 Å². The lowest BCUT2D eigenvalue weighted by molar-refractivity contribution is 0.00578. The predicted molar refractivity (Wildman–Crippen MR) is 100 cm³/mol. The van der Waals surface area contributed by atoms with Crippen LogP contribution in [0.25, 0.3) is 4.85 Å². The lowest BCUT2D eigenvalue weighted by Gasteiger charge is -2.32. The molecule has 1 saturated heterocycles. The number of hydrogen-bond donors (Lipinski definition) is 0. The minimum atomic E-state index is -0.604. The molecule has 3 rings (SSSR count). The summed E-state index contributed by atoms with van der Waals surface area (Å²) in [6.07, 6.45) is 0.773. The third-order valence-corrected chi connectivity index (χ3v) is 4.89. The zero-order valence-electron chi connectivity index (χ0n) is 15.3. The van der Waals surface area contributed by atoms with Gasteiger partial charge in [0, 0.05) is 5.56 Å². The Bertz CT molecular complexity index is 852. The van der Waals surface area contributed by atoms with Gasteiger partial charge in [0.25, 0.3) is 0 Å². The number of hydrogen-bond acceptors (Lipinski definition) is 4. The van der Waals surface area contributed by atoms with Crippen molar-refractivity contribution >= 4 is 24.6 Å². The quantitative estimate of drug-likeness (QED) is 0.473. The Hall–Kier alpha value is -2.62. The maximum absolute atomic E-state index is 11.6. The molecule has 0 aromatic heterocycles. The molecule has 0 saturated carbocycles. The van der Waals surface area contributed by atoms with Gasteiger partial charge in [0.05, 0.1) is 17.8 Å². The average Bonchev–Trinajstić information content (AvgIpc) is 2.83. The van der Waals surface area contributed by atoms with Gasteiger partial charge in [-0.1, -0.05) is 18.2 Å². The van der Waals surface area contributed by atoms with E-state index in [2.05, 4.69) is 4.85 Å². The molecule has 0 atom stereocenters. The summed E-state index contributed by atoms with van der Waals surface area (Å²) < 4.78 is 17.8. The zero-order chi connectivity index (χ0) is 18.9. The first-order valence-corrected chi connectivity index (χ1v) is 8.36. The van der Waals surface area contributed by atoms with Gasteiger partial charge in [0.2, 0.25) is 0 Å². The Kier molecular flexibility index (Phi) is 4.62. The molecule has 1 fully saturated rings. The second kappa shape index (κ2) is 6.60. The number of rotatable bonds is 4. The lowest BCUT2D eigenvalue weighted by Crippen LogP contribution is -2.41. The molecule has 5 nitrogen and oxygen atoms in total. The van der Waals surface area contributed by atoms with Crippen LogP contribution in [0.2, 0.25) is 0 Å². The minimum Gasteiger partial charge on any atom is -0.457 e. The van der Waals surface area contributed by atoms with Crippen LogP contribution in [0.1, 0.15) is 38.1 Å². The third kappa shape index (κ3) is 3.37. The van der Waals surface area contributed by atoms with Crippen molar-refractivity contribution in [3.63, 3.8) is 0 Å². The summed E-state index contributed by atoms with van der Waals surface area (Å²) in [5, 5.41) is 0. The fourth-order valence-electron chi connectivity index (χ4n) is 2.63. The molecule has 0 radical (unpaired) electrons. The SMILES string of the molecule is [C-]#[N+]c1ccc(Oc2ccc(B3OC(C)(C)C(C)(C)O3)c(C=O)c2)cc1. The second-order valence-corrected chi connectivity index (χ2v) is 7.20. The maximum atomic E-state index is 11.6. The molecule has 0 aliphatic carbocycles. The van der Waals surface area contributed by atoms with Crippen molar-refractivity contribution < 1.29 is 18.8 Å². The van der Waals surface area contributed by atoms with Crippen LogP contribution in [0, 0.1) is 6.57 Å². The first kappa shape index (κ1) is 18.2. The van der Waals surface area contributed by atoms with Crippen molar-refractivity contribution in [2.75, 3.05) is 0 Å². The third-order valence-electron chi connectivity index (χ3n) is 4.89. The summed E-state index contributed by atoms with van der Waals surface area (Å²) >= 11 is 0. The Balaban J connectivity index is 1.84. The van der Waals surface area contributed by atoms with Gasteiger partial charge in [-0.2, -0.15) is 0 Å². The maximum Gasteiger partial charge on any atom is 0.495 e. The van der Waals surface area contributed by atoms with Crippen molar-refractivity contribution in [3.05, 3.63) is 59.4 Å². The van der Waals surface area contributed by atoms with E-state index >= 15 is 0 Å². The summed E-state index contributed by atoms with van der Waals surface area (Å²) in [6, 6.07) is 12.0. The molecular weight excluding hydrogens is 329 g/mol. The van der Waals surface area contributed by atoms with Gasteiger partial charge in [-0.25, -0.2) is 4.85 Å². The summed E-state index contributed by atoms with van der Waals surface area (Å²) in [7, 11) is -0.604. The van der Waals surface area contributed by atoms with Gasteiger partial charge >= 0.3 is 7.12 Å². The summed E-state index contributed by atoms with van der Waals surface area (Å²) in [5.74, 6) is 1.13. The lowest BCUT2D eigenvalue weighted by atomic mass is 9.76. The molecule has 0 bridgehead atoms. The molecule has 0 N–H and O–H groups in total. The first-order chi connectivity index (χ1) is 12.3. The number of carbonyl (C=O) groups is 1. The summed E-state index contributed by atoms with van der Waals surface area (Å²) in [4.78, 5) is 14.9. The highest BCUT2D eigenvalue weighted by Gasteiger charge is 2.52. The number of aldehydes is 1. The van der Waals surface area contributed by atoms with Gasteiger partial charge in [-0.3, -0.25) is 4.79 Å². The molecular formula is C20H20BNO4. The largest absolute Gasteiger partial charge is 0.495 e. The Labute approximate surface area is 153 Å². The summed E-state index contributed by atoms with van der Waals surface area (Å²) in [5.41, 5.74) is 0.727. The molecule has 132 valence electrons. The molecule has 2 aromatic carbocycles. The van der Waals surface area contributed by atoms with Crippen LogP contribution in [-0.4, -0.2) is 24.6 Å². The van der Waals surface area contributed by atoms with E-state index in [0.717, 1.165) is 6.29 Å². The fraction of sp³-hybridized carbons (Fsp3) is 0.300. The molecule has 1 aliphatic rings. The van der Waals surface area contributed by atoms with Crippen molar-refractivity contribution in [1.29, 1.82) is 0 Å². The number of carbonyl (C=O) groups excluding carboxylic acids is 1. The summed E-state index contributed by atoms with van der Waals surface area (Å²) in [6.45, 7) is 14.9. The second-order valence-electron chi connectivity index (χ2n) is 7.20. The van der Waals surface area contributed by atoms with E-state index in [0.29, 0.717) is 28.2 Å². The van der Waals surface area contributed by atoms with E-state index in [-0.39, 0.29) is 0 Å². The van der Waals surface area contributed by atoms with Crippen LogP contribution in [0.4, 0.5) is 5.69 Å². The minimum absolute atomic E-state index is 0.457. The van der Waals surface area contributed by atoms with E-state index < -0.39 is 18.3 Å². The van der Waals surface area contributed by atoms with Crippen molar-refractivity contribution in [2.45, 2.75) is 38.9 Å². The van der Waals surface area contributed by atoms with E-state index in [1.807, 2.05) is 27.7 Å². The van der Waals surface area contributed by atoms with Crippen LogP contribution in [0.5, 0.6) is 11.5 Å². The molecule has 2 aromatic rings. The highest BCUT2D eigenvalue weighted by molar-refractivity contribution is 6.63. The van der Waals surface area contributed by atoms with E-state index in [4.69, 9.17) is 20.6 Å². The number of ether oxygens (including phenoxy) is 1. The highest BCUT2D eigenvalue weighted by atomic mass is 16.7. The molecule has 0 spiro atoms. The first-order valence-electron chi connectivity index (χ1n) is 8.36. The monoisotopic (exact) mass is 349 g/mol. The van der Waals surface area contributed by atoms with Crippen LogP contribution >= 0.6 is 0 Å². The normalized spacial score (nSPS) is 17.6. The highest BCUT2D eigenvalue weighted by Crippen LogP contribution is 2.37. The molecule has 6 heteroatoms.